The van der Waals surface area contributed by atoms with Crippen LogP contribution in [0.3, 0.4) is 0 Å². The molecule has 5 rings (SSSR count). The molecule has 4 aromatic rings. The van der Waals surface area contributed by atoms with E-state index in [1.54, 1.807) is 48.5 Å². The Kier molecular flexibility index (Phi) is 19.1. The van der Waals surface area contributed by atoms with Crippen LogP contribution in [0.4, 0.5) is 5.82 Å². The zero-order valence-corrected chi connectivity index (χ0v) is 36.6. The highest BCUT2D eigenvalue weighted by Gasteiger charge is 2.22. The molecule has 0 atom stereocenters. The molecule has 0 radical (unpaired) electrons. The Balaban J connectivity index is 0.962. The number of carbonyl (C=O) groups is 4. The lowest BCUT2D eigenvalue weighted by molar-refractivity contribution is -0.137. The highest BCUT2D eigenvalue weighted by molar-refractivity contribution is 8.19. The van der Waals surface area contributed by atoms with Gasteiger partial charge in [0.15, 0.2) is 5.78 Å². The van der Waals surface area contributed by atoms with Gasteiger partial charge in [-0.25, -0.2) is 4.98 Å². The predicted octanol–water partition coefficient (Wildman–Crippen LogP) is 8.10. The Hall–Kier alpha value is -6.27. The van der Waals surface area contributed by atoms with E-state index in [9.17, 15) is 37.9 Å². The van der Waals surface area contributed by atoms with E-state index in [2.05, 4.69) is 32.7 Å². The number of amides is 2. The topological polar surface area (TPSA) is 238 Å². The van der Waals surface area contributed by atoms with Crippen LogP contribution < -0.4 is 30.3 Å². The van der Waals surface area contributed by atoms with Crippen LogP contribution in [0, 0.1) is 0 Å². The SMILES string of the molecule is C=CCc1c(OCCCCCOc2cccc(OCCCC(=O)NCCCNC(=O)c3ccc(N/N=C/c4ccccc4S(O)(O)O)nc3)c2CCC(=O)O)ccc2c1CCCC2=O. The van der Waals surface area contributed by atoms with Crippen molar-refractivity contribution in [3.05, 3.63) is 119 Å². The van der Waals surface area contributed by atoms with E-state index in [1.165, 1.54) is 18.5 Å². The molecule has 0 spiro atoms. The third-order valence-corrected chi connectivity index (χ3v) is 11.2. The van der Waals surface area contributed by atoms with Crippen molar-refractivity contribution >= 4 is 46.5 Å². The van der Waals surface area contributed by atoms with Crippen LogP contribution in [0.5, 0.6) is 17.2 Å². The van der Waals surface area contributed by atoms with E-state index in [-0.39, 0.29) is 48.4 Å². The Morgan fingerprint density at radius 3 is 2.17 bits per heavy atom. The lowest BCUT2D eigenvalue weighted by Crippen LogP contribution is -2.30. The van der Waals surface area contributed by atoms with Gasteiger partial charge in [0.05, 0.1) is 36.5 Å². The Morgan fingerprint density at radius 2 is 1.48 bits per heavy atom. The summed E-state index contributed by atoms with van der Waals surface area (Å²) in [5.41, 5.74) is 6.91. The maximum atomic E-state index is 12.6. The first-order valence-electron chi connectivity index (χ1n) is 21.3. The average Bonchev–Trinajstić information content (AvgIpc) is 3.27. The predicted molar refractivity (Wildman–Crippen MR) is 245 cm³/mol. The number of nitrogens with one attached hydrogen (secondary N) is 3. The summed E-state index contributed by atoms with van der Waals surface area (Å²) in [5, 5.41) is 19.0. The number of rotatable bonds is 27. The fraction of sp³-hybridized carbons (Fsp3) is 0.362. The summed E-state index contributed by atoms with van der Waals surface area (Å²) in [7, 11) is -3.92. The minimum absolute atomic E-state index is 0.0650. The number of unbranched alkanes of at least 4 members (excludes halogenated alkanes) is 2. The van der Waals surface area contributed by atoms with Crippen molar-refractivity contribution in [2.45, 2.75) is 81.9 Å². The lowest BCUT2D eigenvalue weighted by Gasteiger charge is -2.21. The number of pyridine rings is 1. The van der Waals surface area contributed by atoms with Gasteiger partial charge < -0.3 is 43.6 Å². The summed E-state index contributed by atoms with van der Waals surface area (Å²) in [6.45, 7) is 5.76. The van der Waals surface area contributed by atoms with E-state index in [0.29, 0.717) is 86.0 Å². The number of allylic oxidation sites excluding steroid dienone is 1. The quantitative estimate of drug-likeness (QED) is 0.0130. The van der Waals surface area contributed by atoms with Gasteiger partial charge in [0.2, 0.25) is 5.91 Å². The molecular weight excluding hydrogens is 843 g/mol. The fourth-order valence-corrected chi connectivity index (χ4v) is 7.74. The molecule has 0 saturated carbocycles. The van der Waals surface area contributed by atoms with Gasteiger partial charge in [0.1, 0.15) is 33.9 Å². The fourth-order valence-electron chi connectivity index (χ4n) is 7.04. The minimum atomic E-state index is -3.92. The zero-order chi connectivity index (χ0) is 45.7. The zero-order valence-electron chi connectivity index (χ0n) is 35.8. The molecule has 3 aromatic carbocycles. The molecule has 0 saturated heterocycles. The van der Waals surface area contributed by atoms with Gasteiger partial charge in [0.25, 0.3) is 5.91 Å². The third-order valence-electron chi connectivity index (χ3n) is 10.2. The maximum absolute atomic E-state index is 12.6. The number of hydrazone groups is 1. The van der Waals surface area contributed by atoms with E-state index in [0.717, 1.165) is 54.5 Å². The number of carboxylic acid groups (broad SMARTS) is 1. The summed E-state index contributed by atoms with van der Waals surface area (Å²) in [5.74, 6) is 0.969. The first kappa shape index (κ1) is 48.8. The lowest BCUT2D eigenvalue weighted by atomic mass is 9.86. The smallest absolute Gasteiger partial charge is 0.303 e. The average molecular weight is 900 g/mol. The normalized spacial score (nSPS) is 12.6. The largest absolute Gasteiger partial charge is 0.493 e. The van der Waals surface area contributed by atoms with Crippen LogP contribution in [0.25, 0.3) is 0 Å². The number of carboxylic acids is 1. The summed E-state index contributed by atoms with van der Waals surface area (Å²) >= 11 is 0. The standard InChI is InChI=1S/C47H57N5O11S/c1-2-12-37-35-14-8-15-39(53)36(35)21-23-42(37)62-29-7-3-6-28-61-40-16-9-17-41(38(40)22-25-46(55)56)63-30-10-19-45(54)48-26-11-27-49-47(57)34-20-24-44(50-31-34)52-51-32-33-13-4-5-18-43(33)64(58,59)60/h2,4-5,9,13,16-18,20-21,23-24,31-32,58-60H,1,3,6-8,10-12,14-15,19,22,25-30H2,(H,48,54)(H,49,57)(H,50,52)(H,55,56)/b51-32+. The van der Waals surface area contributed by atoms with Gasteiger partial charge >= 0.3 is 5.97 Å². The Labute approximate surface area is 374 Å². The summed E-state index contributed by atoms with van der Waals surface area (Å²) < 4.78 is 47.1. The number of benzene rings is 3. The molecular formula is C47H57N5O11S. The Bertz CT molecular complexity index is 2250. The van der Waals surface area contributed by atoms with Crippen LogP contribution in [-0.2, 0) is 28.9 Å². The van der Waals surface area contributed by atoms with Crippen molar-refractivity contribution in [3.8, 4) is 17.2 Å². The number of aromatic nitrogens is 1. The number of fused-ring (bicyclic) bond motifs is 1. The number of nitrogens with zero attached hydrogens (tertiary/aromatic N) is 2. The molecule has 1 heterocycles. The van der Waals surface area contributed by atoms with Gasteiger partial charge in [0, 0.05) is 60.8 Å². The number of hydrogen-bond donors (Lipinski definition) is 7. The molecule has 0 fully saturated rings. The second kappa shape index (κ2) is 25.1. The van der Waals surface area contributed by atoms with Gasteiger partial charge in [-0.15, -0.1) is 6.58 Å². The maximum Gasteiger partial charge on any atom is 0.303 e. The van der Waals surface area contributed by atoms with Gasteiger partial charge in [-0.05, 0) is 106 Å². The summed E-state index contributed by atoms with van der Waals surface area (Å²) in [4.78, 5) is 53.0. The van der Waals surface area contributed by atoms with Crippen molar-refractivity contribution in [1.29, 1.82) is 0 Å². The number of Topliss-reactive ketones (excluding diaryl/α,β-unsaturated/α-hetero) is 1. The monoisotopic (exact) mass is 899 g/mol. The van der Waals surface area contributed by atoms with E-state index < -0.39 is 16.8 Å². The molecule has 17 heteroatoms. The van der Waals surface area contributed by atoms with Gasteiger partial charge in [-0.3, -0.25) is 24.6 Å². The third kappa shape index (κ3) is 15.2. The number of ether oxygens (including phenoxy) is 3. The molecule has 342 valence electrons. The number of carbonyl (C=O) groups excluding carboxylic acids is 3. The summed E-state index contributed by atoms with van der Waals surface area (Å²) in [6.07, 6.45) is 11.2. The van der Waals surface area contributed by atoms with Crippen molar-refractivity contribution in [2.24, 2.45) is 5.10 Å². The molecule has 1 aromatic heterocycles. The van der Waals surface area contributed by atoms with Gasteiger partial charge in [-0.2, -0.15) is 5.10 Å². The number of aliphatic carboxylic acids is 1. The van der Waals surface area contributed by atoms with Crippen molar-refractivity contribution in [3.63, 3.8) is 0 Å². The first-order valence-corrected chi connectivity index (χ1v) is 22.9. The molecule has 1 aliphatic carbocycles. The highest BCUT2D eigenvalue weighted by Crippen LogP contribution is 2.44. The second-order valence-corrected chi connectivity index (χ2v) is 16.5. The molecule has 0 unspecified atom stereocenters. The number of anilines is 1. The van der Waals surface area contributed by atoms with Crippen LogP contribution in [0.1, 0.15) is 101 Å². The Morgan fingerprint density at radius 1 is 0.781 bits per heavy atom. The first-order chi connectivity index (χ1) is 30.9. The van der Waals surface area contributed by atoms with Crippen LogP contribution in [-0.4, -0.2) is 86.4 Å². The molecule has 1 aliphatic rings. The van der Waals surface area contributed by atoms with E-state index in [4.69, 9.17) is 14.2 Å². The molecule has 16 nitrogen and oxygen atoms in total. The number of hydrogen-bond acceptors (Lipinski definition) is 13. The van der Waals surface area contributed by atoms with Crippen molar-refractivity contribution < 1.29 is 52.2 Å². The van der Waals surface area contributed by atoms with Gasteiger partial charge in [-0.1, -0.05) is 30.3 Å². The van der Waals surface area contributed by atoms with Crippen LogP contribution in [0.2, 0.25) is 0 Å². The molecule has 0 bridgehead atoms. The van der Waals surface area contributed by atoms with E-state index in [1.807, 2.05) is 18.2 Å². The second-order valence-electron chi connectivity index (χ2n) is 15.0. The highest BCUT2D eigenvalue weighted by atomic mass is 32.3. The van der Waals surface area contributed by atoms with Crippen molar-refractivity contribution in [1.82, 2.24) is 15.6 Å². The van der Waals surface area contributed by atoms with Crippen molar-refractivity contribution in [2.75, 3.05) is 38.3 Å². The van der Waals surface area contributed by atoms with Crippen LogP contribution >= 0.6 is 10.9 Å². The minimum Gasteiger partial charge on any atom is -0.493 e. The molecule has 2 amide bonds. The van der Waals surface area contributed by atoms with Crippen LogP contribution in [0.15, 0.2) is 95.6 Å². The molecule has 64 heavy (non-hydrogen) atoms. The van der Waals surface area contributed by atoms with E-state index >= 15 is 0 Å². The molecule has 7 N–H and O–H groups in total. The number of ketones is 1. The molecule has 0 aliphatic heterocycles. The summed E-state index contributed by atoms with van der Waals surface area (Å²) in [6, 6.07) is 18.4.